The molecule has 0 aliphatic heterocycles. The van der Waals surface area contributed by atoms with Crippen LogP contribution in [-0.2, 0) is 9.53 Å². The molecule has 0 radical (unpaired) electrons. The van der Waals surface area contributed by atoms with E-state index in [-0.39, 0.29) is 30.3 Å². The van der Waals surface area contributed by atoms with E-state index in [0.717, 1.165) is 0 Å². The Labute approximate surface area is 131 Å². The van der Waals surface area contributed by atoms with Crippen molar-refractivity contribution in [1.82, 2.24) is 15.2 Å². The lowest BCUT2D eigenvalue weighted by Gasteiger charge is -2.06. The van der Waals surface area contributed by atoms with Gasteiger partial charge in [-0.15, -0.1) is 5.10 Å². The second kappa shape index (κ2) is 7.63. The molecular formula is C14H16F2N4O3. The van der Waals surface area contributed by atoms with Gasteiger partial charge in [-0.3, -0.25) is 15.2 Å². The fourth-order valence-corrected chi connectivity index (χ4v) is 1.67. The molecule has 0 atom stereocenters. The molecule has 2 aromatic rings. The predicted octanol–water partition coefficient (Wildman–Crippen LogP) is 2.44. The van der Waals surface area contributed by atoms with Crippen molar-refractivity contribution in [2.45, 2.75) is 26.6 Å². The van der Waals surface area contributed by atoms with Crippen molar-refractivity contribution in [3.05, 3.63) is 24.3 Å². The number of anilines is 1. The standard InChI is InChI=1S/C14H16F2N4O3/c1-8(2)22-7-11(21)17-14-18-12(19-20-14)9-4-3-5-10(6-9)23-13(15)16/h3-6,8,13H,7H2,1-2H3,(H2,17,18,19,20,21). The van der Waals surface area contributed by atoms with Crippen LogP contribution in [-0.4, -0.2) is 40.4 Å². The summed E-state index contributed by atoms with van der Waals surface area (Å²) in [5.74, 6) is -0.00816. The number of aromatic amines is 1. The van der Waals surface area contributed by atoms with E-state index in [4.69, 9.17) is 4.74 Å². The molecule has 1 aromatic heterocycles. The Balaban J connectivity index is 2.03. The highest BCUT2D eigenvalue weighted by Gasteiger charge is 2.11. The first-order valence-electron chi connectivity index (χ1n) is 6.83. The minimum atomic E-state index is -2.91. The van der Waals surface area contributed by atoms with Crippen molar-refractivity contribution in [3.63, 3.8) is 0 Å². The van der Waals surface area contributed by atoms with E-state index in [9.17, 15) is 13.6 Å². The Kier molecular flexibility index (Phi) is 5.58. The molecule has 0 unspecified atom stereocenters. The second-order valence-corrected chi connectivity index (χ2v) is 4.82. The Morgan fingerprint density at radius 3 is 2.87 bits per heavy atom. The number of ether oxygens (including phenoxy) is 2. The number of benzene rings is 1. The third-order valence-corrected chi connectivity index (χ3v) is 2.62. The number of aromatic nitrogens is 3. The van der Waals surface area contributed by atoms with Crippen molar-refractivity contribution in [3.8, 4) is 17.1 Å². The van der Waals surface area contributed by atoms with Crippen LogP contribution >= 0.6 is 0 Å². The van der Waals surface area contributed by atoms with Crippen molar-refractivity contribution in [2.24, 2.45) is 0 Å². The Morgan fingerprint density at radius 1 is 1.39 bits per heavy atom. The quantitative estimate of drug-likeness (QED) is 0.816. The van der Waals surface area contributed by atoms with Crippen molar-refractivity contribution < 1.29 is 23.0 Å². The minimum absolute atomic E-state index is 0.00446. The zero-order chi connectivity index (χ0) is 16.8. The fourth-order valence-electron chi connectivity index (χ4n) is 1.67. The molecule has 2 rings (SSSR count). The maximum atomic E-state index is 12.2. The number of carbonyl (C=O) groups is 1. The fraction of sp³-hybridized carbons (Fsp3) is 0.357. The highest BCUT2D eigenvalue weighted by molar-refractivity contribution is 5.90. The van der Waals surface area contributed by atoms with E-state index in [1.54, 1.807) is 12.1 Å². The van der Waals surface area contributed by atoms with Gasteiger partial charge in [-0.25, -0.2) is 0 Å². The molecule has 1 amide bonds. The summed E-state index contributed by atoms with van der Waals surface area (Å²) in [6, 6.07) is 5.98. The van der Waals surface area contributed by atoms with Crippen LogP contribution in [0.3, 0.4) is 0 Å². The topological polar surface area (TPSA) is 89.1 Å². The zero-order valence-corrected chi connectivity index (χ0v) is 12.5. The van der Waals surface area contributed by atoms with Crippen LogP contribution in [0, 0.1) is 0 Å². The number of amides is 1. The van der Waals surface area contributed by atoms with Gasteiger partial charge in [0.2, 0.25) is 5.95 Å². The molecular weight excluding hydrogens is 310 g/mol. The third kappa shape index (κ3) is 5.29. The Morgan fingerprint density at radius 2 is 2.17 bits per heavy atom. The highest BCUT2D eigenvalue weighted by atomic mass is 19.3. The summed E-state index contributed by atoms with van der Waals surface area (Å²) in [6.07, 6.45) is -0.0685. The SMILES string of the molecule is CC(C)OCC(=O)Nc1n[nH]c(-c2cccc(OC(F)F)c2)n1. The monoisotopic (exact) mass is 326 g/mol. The molecule has 23 heavy (non-hydrogen) atoms. The van der Waals surface area contributed by atoms with Crippen molar-refractivity contribution >= 4 is 11.9 Å². The molecule has 0 aliphatic carbocycles. The molecule has 9 heteroatoms. The van der Waals surface area contributed by atoms with Gasteiger partial charge < -0.3 is 9.47 Å². The summed E-state index contributed by atoms with van der Waals surface area (Å²) >= 11 is 0. The Hall–Kier alpha value is -2.55. The summed E-state index contributed by atoms with van der Waals surface area (Å²) in [7, 11) is 0. The normalized spacial score (nSPS) is 11.0. The van der Waals surface area contributed by atoms with E-state index in [0.29, 0.717) is 11.4 Å². The van der Waals surface area contributed by atoms with Gasteiger partial charge in [-0.05, 0) is 26.0 Å². The van der Waals surface area contributed by atoms with Gasteiger partial charge in [-0.1, -0.05) is 12.1 Å². The second-order valence-electron chi connectivity index (χ2n) is 4.82. The third-order valence-electron chi connectivity index (χ3n) is 2.62. The van der Waals surface area contributed by atoms with Gasteiger partial charge in [-0.2, -0.15) is 13.8 Å². The van der Waals surface area contributed by atoms with Gasteiger partial charge in [0.15, 0.2) is 5.82 Å². The van der Waals surface area contributed by atoms with E-state index in [1.807, 2.05) is 13.8 Å². The predicted molar refractivity (Wildman–Crippen MR) is 78.2 cm³/mol. The molecule has 2 N–H and O–H groups in total. The largest absolute Gasteiger partial charge is 0.435 e. The van der Waals surface area contributed by atoms with Gasteiger partial charge in [0, 0.05) is 5.56 Å². The molecule has 1 aromatic carbocycles. The molecule has 7 nitrogen and oxygen atoms in total. The van der Waals surface area contributed by atoms with Crippen LogP contribution in [0.2, 0.25) is 0 Å². The summed E-state index contributed by atoms with van der Waals surface area (Å²) in [5, 5.41) is 8.92. The molecule has 0 spiro atoms. The van der Waals surface area contributed by atoms with Crippen LogP contribution in [0.1, 0.15) is 13.8 Å². The maximum Gasteiger partial charge on any atom is 0.387 e. The molecule has 0 aliphatic rings. The summed E-state index contributed by atoms with van der Waals surface area (Å²) in [6.45, 7) is 0.606. The average molecular weight is 326 g/mol. The lowest BCUT2D eigenvalue weighted by molar-refractivity contribution is -0.122. The lowest BCUT2D eigenvalue weighted by Crippen LogP contribution is -2.21. The maximum absolute atomic E-state index is 12.2. The first kappa shape index (κ1) is 16.8. The number of hydrogen-bond acceptors (Lipinski definition) is 5. The average Bonchev–Trinajstić information content (AvgIpc) is 2.93. The van der Waals surface area contributed by atoms with Crippen LogP contribution in [0.25, 0.3) is 11.4 Å². The van der Waals surface area contributed by atoms with Crippen molar-refractivity contribution in [2.75, 3.05) is 11.9 Å². The molecule has 0 fully saturated rings. The Bertz CT molecular complexity index is 661. The number of carbonyl (C=O) groups excluding carboxylic acids is 1. The van der Waals surface area contributed by atoms with Gasteiger partial charge in [0.1, 0.15) is 12.4 Å². The molecule has 124 valence electrons. The van der Waals surface area contributed by atoms with Gasteiger partial charge in [0.05, 0.1) is 6.10 Å². The number of rotatable bonds is 7. The van der Waals surface area contributed by atoms with Crippen LogP contribution in [0.4, 0.5) is 14.7 Å². The van der Waals surface area contributed by atoms with E-state index in [2.05, 4.69) is 25.2 Å². The smallest absolute Gasteiger partial charge is 0.387 e. The number of hydrogen-bond donors (Lipinski definition) is 2. The molecule has 1 heterocycles. The first-order chi connectivity index (χ1) is 10.9. The first-order valence-corrected chi connectivity index (χ1v) is 6.83. The van der Waals surface area contributed by atoms with E-state index in [1.165, 1.54) is 12.1 Å². The summed E-state index contributed by atoms with van der Waals surface area (Å²) in [5.41, 5.74) is 0.495. The zero-order valence-electron chi connectivity index (χ0n) is 12.5. The molecule has 0 bridgehead atoms. The van der Waals surface area contributed by atoms with Crippen LogP contribution < -0.4 is 10.1 Å². The van der Waals surface area contributed by atoms with Crippen LogP contribution in [0.15, 0.2) is 24.3 Å². The molecule has 0 saturated heterocycles. The number of H-pyrrole nitrogens is 1. The summed E-state index contributed by atoms with van der Waals surface area (Å²) < 4.78 is 33.9. The minimum Gasteiger partial charge on any atom is -0.435 e. The van der Waals surface area contributed by atoms with E-state index < -0.39 is 6.61 Å². The lowest BCUT2D eigenvalue weighted by atomic mass is 10.2. The van der Waals surface area contributed by atoms with Gasteiger partial charge in [0.25, 0.3) is 5.91 Å². The summed E-state index contributed by atoms with van der Waals surface area (Å²) in [4.78, 5) is 15.7. The number of nitrogens with zero attached hydrogens (tertiary/aromatic N) is 2. The number of nitrogens with one attached hydrogen (secondary N) is 2. The van der Waals surface area contributed by atoms with Gasteiger partial charge >= 0.3 is 6.61 Å². The van der Waals surface area contributed by atoms with Crippen molar-refractivity contribution in [1.29, 1.82) is 0 Å². The molecule has 0 saturated carbocycles. The van der Waals surface area contributed by atoms with Crippen LogP contribution in [0.5, 0.6) is 5.75 Å². The number of alkyl halides is 2. The highest BCUT2D eigenvalue weighted by Crippen LogP contribution is 2.22. The van der Waals surface area contributed by atoms with E-state index >= 15 is 0 Å². The number of halogens is 2.